The van der Waals surface area contributed by atoms with Crippen molar-refractivity contribution in [2.45, 2.75) is 83.5 Å². The predicted molar refractivity (Wildman–Crippen MR) is 77.9 cm³/mol. The van der Waals surface area contributed by atoms with Crippen LogP contribution in [0, 0.1) is 0 Å². The van der Waals surface area contributed by atoms with Gasteiger partial charge in [0.15, 0.2) is 0 Å². The molecule has 0 aromatic carbocycles. The smallest absolute Gasteiger partial charge is 0.0614 e. The first-order valence-corrected chi connectivity index (χ1v) is 7.38. The predicted octanol–water partition coefficient (Wildman–Crippen LogP) is 2.39. The summed E-state index contributed by atoms with van der Waals surface area (Å²) >= 11 is 0. The van der Waals surface area contributed by atoms with Crippen LogP contribution in [0.15, 0.2) is 0 Å². The van der Waals surface area contributed by atoms with Crippen molar-refractivity contribution < 1.29 is 5.11 Å². The average Bonchev–Trinajstić information content (AvgIpc) is 2.72. The van der Waals surface area contributed by atoms with Gasteiger partial charge < -0.3 is 10.4 Å². The van der Waals surface area contributed by atoms with Crippen LogP contribution in [0.3, 0.4) is 0 Å². The minimum absolute atomic E-state index is 0.0586. The highest BCUT2D eigenvalue weighted by atomic mass is 16.3. The van der Waals surface area contributed by atoms with E-state index < -0.39 is 0 Å². The van der Waals surface area contributed by atoms with E-state index in [1.807, 2.05) is 0 Å². The molecule has 3 nitrogen and oxygen atoms in total. The second-order valence-electron chi connectivity index (χ2n) is 6.91. The van der Waals surface area contributed by atoms with Crippen molar-refractivity contribution in [1.29, 1.82) is 0 Å². The molecular formula is C15H32N2O. The summed E-state index contributed by atoms with van der Waals surface area (Å²) in [4.78, 5) is 2.51. The Labute approximate surface area is 113 Å². The number of aliphatic hydroxyl groups is 1. The maximum atomic E-state index is 9.74. The van der Waals surface area contributed by atoms with Gasteiger partial charge in [-0.1, -0.05) is 20.8 Å². The lowest BCUT2D eigenvalue weighted by atomic mass is 9.94. The summed E-state index contributed by atoms with van der Waals surface area (Å²) < 4.78 is 0. The largest absolute Gasteiger partial charge is 0.394 e. The van der Waals surface area contributed by atoms with Crippen LogP contribution in [0.25, 0.3) is 0 Å². The van der Waals surface area contributed by atoms with Crippen LogP contribution < -0.4 is 5.32 Å². The van der Waals surface area contributed by atoms with E-state index in [-0.39, 0.29) is 17.7 Å². The molecule has 0 bridgehead atoms. The van der Waals surface area contributed by atoms with E-state index in [0.717, 1.165) is 19.3 Å². The molecule has 0 aromatic rings. The summed E-state index contributed by atoms with van der Waals surface area (Å²) in [5.74, 6) is 0. The second-order valence-corrected chi connectivity index (χ2v) is 6.91. The number of hydrogen-bond donors (Lipinski definition) is 2. The molecule has 1 saturated carbocycles. The number of aliphatic hydroxyl groups excluding tert-OH is 1. The Morgan fingerprint density at radius 1 is 1.44 bits per heavy atom. The van der Waals surface area contributed by atoms with E-state index in [1.54, 1.807) is 0 Å². The molecule has 2 unspecified atom stereocenters. The molecular weight excluding hydrogens is 224 g/mol. The van der Waals surface area contributed by atoms with Crippen LogP contribution in [0.4, 0.5) is 0 Å². The molecule has 0 amide bonds. The number of rotatable bonds is 6. The highest BCUT2D eigenvalue weighted by molar-refractivity contribution is 5.01. The molecule has 3 heteroatoms. The monoisotopic (exact) mass is 256 g/mol. The molecule has 1 fully saturated rings. The lowest BCUT2D eigenvalue weighted by Gasteiger charge is -2.40. The second kappa shape index (κ2) is 5.89. The van der Waals surface area contributed by atoms with Gasteiger partial charge in [-0.05, 0) is 46.6 Å². The molecule has 108 valence electrons. The highest BCUT2D eigenvalue weighted by Crippen LogP contribution is 2.36. The van der Waals surface area contributed by atoms with Crippen molar-refractivity contribution in [3.63, 3.8) is 0 Å². The normalized spacial score (nSPS) is 29.5. The standard InChI is InChI=1S/C15H32N2O/c1-7-14(4,5)17(6)13-8-9-15(10-13,11-18)16-12(2)3/h12-13,16,18H,7-11H2,1-6H3. The highest BCUT2D eigenvalue weighted by Gasteiger charge is 2.42. The van der Waals surface area contributed by atoms with E-state index >= 15 is 0 Å². The topological polar surface area (TPSA) is 35.5 Å². The minimum atomic E-state index is -0.0586. The Kier molecular flexibility index (Phi) is 5.22. The third-order valence-corrected chi connectivity index (χ3v) is 4.85. The molecule has 2 atom stereocenters. The van der Waals surface area contributed by atoms with Crippen molar-refractivity contribution in [3.05, 3.63) is 0 Å². The van der Waals surface area contributed by atoms with E-state index in [1.165, 1.54) is 6.42 Å². The summed E-state index contributed by atoms with van der Waals surface area (Å²) in [7, 11) is 2.23. The minimum Gasteiger partial charge on any atom is -0.394 e. The molecule has 18 heavy (non-hydrogen) atoms. The summed E-state index contributed by atoms with van der Waals surface area (Å²) in [6, 6.07) is 1.01. The van der Waals surface area contributed by atoms with Gasteiger partial charge in [0.05, 0.1) is 6.61 Å². The Bertz CT molecular complexity index is 265. The van der Waals surface area contributed by atoms with E-state index in [9.17, 15) is 5.11 Å². The zero-order chi connectivity index (χ0) is 14.0. The maximum absolute atomic E-state index is 9.74. The summed E-state index contributed by atoms with van der Waals surface area (Å²) in [6.45, 7) is 11.4. The van der Waals surface area contributed by atoms with Crippen LogP contribution in [-0.2, 0) is 0 Å². The SMILES string of the molecule is CCC(C)(C)N(C)C1CCC(CO)(NC(C)C)C1. The van der Waals surface area contributed by atoms with Crippen molar-refractivity contribution in [3.8, 4) is 0 Å². The maximum Gasteiger partial charge on any atom is 0.0614 e. The number of hydrogen-bond acceptors (Lipinski definition) is 3. The van der Waals surface area contributed by atoms with Crippen LogP contribution in [0.2, 0.25) is 0 Å². The zero-order valence-corrected chi connectivity index (χ0v) is 13.1. The van der Waals surface area contributed by atoms with Gasteiger partial charge in [0.25, 0.3) is 0 Å². The van der Waals surface area contributed by atoms with Crippen molar-refractivity contribution >= 4 is 0 Å². The molecule has 1 aliphatic carbocycles. The van der Waals surface area contributed by atoms with Crippen molar-refractivity contribution in [1.82, 2.24) is 10.2 Å². The Balaban J connectivity index is 2.69. The molecule has 2 N–H and O–H groups in total. The molecule has 1 rings (SSSR count). The molecule has 0 spiro atoms. The van der Waals surface area contributed by atoms with Crippen LogP contribution >= 0.6 is 0 Å². The molecule has 0 aromatic heterocycles. The number of nitrogens with one attached hydrogen (secondary N) is 1. The van der Waals surface area contributed by atoms with Crippen molar-refractivity contribution in [2.24, 2.45) is 0 Å². The van der Waals surface area contributed by atoms with Crippen LogP contribution in [0.1, 0.15) is 60.3 Å². The molecule has 0 saturated heterocycles. The third kappa shape index (κ3) is 3.46. The van der Waals surface area contributed by atoms with Gasteiger partial charge in [0.1, 0.15) is 0 Å². The molecule has 0 radical (unpaired) electrons. The van der Waals surface area contributed by atoms with Gasteiger partial charge in [0, 0.05) is 23.2 Å². The van der Waals surface area contributed by atoms with E-state index in [4.69, 9.17) is 0 Å². The van der Waals surface area contributed by atoms with Crippen molar-refractivity contribution in [2.75, 3.05) is 13.7 Å². The summed E-state index contributed by atoms with van der Waals surface area (Å²) in [5.41, 5.74) is 0.185. The lowest BCUT2D eigenvalue weighted by molar-refractivity contribution is 0.0853. The fourth-order valence-electron chi connectivity index (χ4n) is 3.11. The van der Waals surface area contributed by atoms with Gasteiger partial charge in [-0.15, -0.1) is 0 Å². The van der Waals surface area contributed by atoms with Gasteiger partial charge in [0.2, 0.25) is 0 Å². The zero-order valence-electron chi connectivity index (χ0n) is 13.1. The summed E-state index contributed by atoms with van der Waals surface area (Å²) in [5, 5.41) is 13.3. The van der Waals surface area contributed by atoms with Gasteiger partial charge in [-0.2, -0.15) is 0 Å². The number of nitrogens with zero attached hydrogens (tertiary/aromatic N) is 1. The third-order valence-electron chi connectivity index (χ3n) is 4.85. The lowest BCUT2D eigenvalue weighted by Crippen LogP contribution is -2.52. The summed E-state index contributed by atoms with van der Waals surface area (Å²) in [6.07, 6.45) is 4.47. The fourth-order valence-corrected chi connectivity index (χ4v) is 3.11. The van der Waals surface area contributed by atoms with Crippen LogP contribution in [0.5, 0.6) is 0 Å². The van der Waals surface area contributed by atoms with Gasteiger partial charge in [-0.25, -0.2) is 0 Å². The Morgan fingerprint density at radius 2 is 2.06 bits per heavy atom. The first-order chi connectivity index (χ1) is 8.26. The molecule has 0 aliphatic heterocycles. The first-order valence-electron chi connectivity index (χ1n) is 7.38. The molecule has 1 aliphatic rings. The van der Waals surface area contributed by atoms with Gasteiger partial charge in [-0.3, -0.25) is 4.90 Å². The quantitative estimate of drug-likeness (QED) is 0.766. The first kappa shape index (κ1) is 15.9. The Morgan fingerprint density at radius 3 is 2.50 bits per heavy atom. The fraction of sp³-hybridized carbons (Fsp3) is 1.00. The van der Waals surface area contributed by atoms with Crippen LogP contribution in [-0.4, -0.2) is 46.8 Å². The van der Waals surface area contributed by atoms with E-state index in [0.29, 0.717) is 12.1 Å². The molecule has 0 heterocycles. The van der Waals surface area contributed by atoms with Gasteiger partial charge >= 0.3 is 0 Å². The Hall–Kier alpha value is -0.120. The van der Waals surface area contributed by atoms with E-state index in [2.05, 4.69) is 51.9 Å². The average molecular weight is 256 g/mol.